The van der Waals surface area contributed by atoms with Gasteiger partial charge in [0.15, 0.2) is 0 Å². The Morgan fingerprint density at radius 3 is 2.18 bits per heavy atom. The molecule has 0 fully saturated rings. The first-order valence-corrected chi connectivity index (χ1v) is 6.85. The topological polar surface area (TPSA) is 6.48 Å². The molecule has 0 unspecified atom stereocenters. The van der Waals surface area contributed by atoms with Gasteiger partial charge in [-0.1, -0.05) is 33.0 Å². The molecule has 3 heteroatoms. The Morgan fingerprint density at radius 1 is 1.18 bits per heavy atom. The first kappa shape index (κ1) is 14.5. The fourth-order valence-electron chi connectivity index (χ4n) is 1.92. The average Bonchev–Trinajstić information content (AvgIpc) is 2.21. The standard InChI is InChI=1S/C14H26N2S/c1-7-15(5)13-11(10-12(13)17)16(6)9-8-14(2,3)4/h7-10H2,1-6H3. The maximum atomic E-state index is 5.38. The second-order valence-corrected chi connectivity index (χ2v) is 6.63. The molecule has 17 heavy (non-hydrogen) atoms. The third-order valence-electron chi connectivity index (χ3n) is 3.38. The summed E-state index contributed by atoms with van der Waals surface area (Å²) in [6.45, 7) is 11.2. The van der Waals surface area contributed by atoms with E-state index in [1.54, 1.807) is 0 Å². The first-order chi connectivity index (χ1) is 7.76. The van der Waals surface area contributed by atoms with Crippen molar-refractivity contribution in [3.8, 4) is 0 Å². The molecule has 0 N–H and O–H groups in total. The molecule has 0 heterocycles. The van der Waals surface area contributed by atoms with E-state index in [0.717, 1.165) is 24.4 Å². The van der Waals surface area contributed by atoms with Gasteiger partial charge in [0.25, 0.3) is 0 Å². The van der Waals surface area contributed by atoms with Gasteiger partial charge in [0.2, 0.25) is 0 Å². The predicted octanol–water partition coefficient (Wildman–Crippen LogP) is 3.29. The molecule has 0 bridgehead atoms. The van der Waals surface area contributed by atoms with Crippen molar-refractivity contribution in [3.05, 3.63) is 11.4 Å². The molecule has 0 aromatic heterocycles. The van der Waals surface area contributed by atoms with Gasteiger partial charge in [0.05, 0.1) is 5.70 Å². The Hall–Kier alpha value is -0.570. The van der Waals surface area contributed by atoms with Crippen LogP contribution in [-0.4, -0.2) is 41.8 Å². The highest BCUT2D eigenvalue weighted by atomic mass is 32.1. The second-order valence-electron chi connectivity index (χ2n) is 6.14. The minimum Gasteiger partial charge on any atom is -0.376 e. The van der Waals surface area contributed by atoms with Crippen molar-refractivity contribution in [1.29, 1.82) is 0 Å². The summed E-state index contributed by atoms with van der Waals surface area (Å²) in [7, 11) is 4.31. The van der Waals surface area contributed by atoms with Crippen molar-refractivity contribution >= 4 is 17.1 Å². The lowest BCUT2D eigenvalue weighted by Gasteiger charge is -2.38. The third kappa shape index (κ3) is 3.70. The molecule has 0 aliphatic heterocycles. The Morgan fingerprint density at radius 2 is 1.76 bits per heavy atom. The van der Waals surface area contributed by atoms with Crippen LogP contribution < -0.4 is 0 Å². The monoisotopic (exact) mass is 254 g/mol. The van der Waals surface area contributed by atoms with Crippen LogP contribution in [0.5, 0.6) is 0 Å². The van der Waals surface area contributed by atoms with Gasteiger partial charge in [0, 0.05) is 44.2 Å². The number of thiocarbonyl (C=S) groups is 1. The van der Waals surface area contributed by atoms with Crippen LogP contribution in [0.2, 0.25) is 0 Å². The molecule has 0 spiro atoms. The van der Waals surface area contributed by atoms with E-state index in [2.05, 4.69) is 51.6 Å². The highest BCUT2D eigenvalue weighted by Gasteiger charge is 2.28. The highest BCUT2D eigenvalue weighted by Crippen LogP contribution is 2.31. The fourth-order valence-corrected chi connectivity index (χ4v) is 2.33. The average molecular weight is 254 g/mol. The second kappa shape index (κ2) is 5.38. The first-order valence-electron chi connectivity index (χ1n) is 6.45. The molecule has 1 aliphatic rings. The molecule has 2 nitrogen and oxygen atoms in total. The summed E-state index contributed by atoms with van der Waals surface area (Å²) in [5.41, 5.74) is 3.11. The molecule has 1 rings (SSSR count). The van der Waals surface area contributed by atoms with Gasteiger partial charge in [-0.3, -0.25) is 0 Å². The van der Waals surface area contributed by atoms with Crippen molar-refractivity contribution < 1.29 is 0 Å². The molecule has 0 radical (unpaired) electrons. The normalized spacial score (nSPS) is 16.0. The van der Waals surface area contributed by atoms with Crippen molar-refractivity contribution in [2.75, 3.05) is 27.2 Å². The maximum Gasteiger partial charge on any atom is 0.0707 e. The van der Waals surface area contributed by atoms with Crippen LogP contribution in [0.15, 0.2) is 11.4 Å². The highest BCUT2D eigenvalue weighted by molar-refractivity contribution is 7.81. The predicted molar refractivity (Wildman–Crippen MR) is 79.2 cm³/mol. The summed E-state index contributed by atoms with van der Waals surface area (Å²) in [5, 5.41) is 0. The number of hydrogen-bond donors (Lipinski definition) is 0. The maximum absolute atomic E-state index is 5.38. The molecule has 0 saturated heterocycles. The van der Waals surface area contributed by atoms with E-state index < -0.39 is 0 Å². The molecular formula is C14H26N2S. The lowest BCUT2D eigenvalue weighted by Crippen LogP contribution is -2.38. The van der Waals surface area contributed by atoms with E-state index in [0.29, 0.717) is 5.41 Å². The van der Waals surface area contributed by atoms with Crippen LogP contribution in [0.25, 0.3) is 0 Å². The summed E-state index contributed by atoms with van der Waals surface area (Å²) in [6.07, 6.45) is 2.19. The number of rotatable bonds is 5. The van der Waals surface area contributed by atoms with Gasteiger partial charge in [-0.2, -0.15) is 0 Å². The minimum absolute atomic E-state index is 0.399. The largest absolute Gasteiger partial charge is 0.376 e. The van der Waals surface area contributed by atoms with E-state index in [9.17, 15) is 0 Å². The summed E-state index contributed by atoms with van der Waals surface area (Å²) >= 11 is 5.38. The van der Waals surface area contributed by atoms with Gasteiger partial charge < -0.3 is 9.80 Å². The van der Waals surface area contributed by atoms with E-state index in [-0.39, 0.29) is 0 Å². The van der Waals surface area contributed by atoms with Gasteiger partial charge in [-0.25, -0.2) is 0 Å². The van der Waals surface area contributed by atoms with Crippen molar-refractivity contribution in [2.24, 2.45) is 5.41 Å². The summed E-state index contributed by atoms with van der Waals surface area (Å²) in [6, 6.07) is 0. The molecule has 98 valence electrons. The van der Waals surface area contributed by atoms with Gasteiger partial charge in [0.1, 0.15) is 0 Å². The Balaban J connectivity index is 2.66. The summed E-state index contributed by atoms with van der Waals surface area (Å²) < 4.78 is 0. The zero-order valence-corrected chi connectivity index (χ0v) is 12.9. The zero-order valence-electron chi connectivity index (χ0n) is 12.1. The smallest absolute Gasteiger partial charge is 0.0707 e. The van der Waals surface area contributed by atoms with Crippen LogP contribution in [0.3, 0.4) is 0 Å². The summed E-state index contributed by atoms with van der Waals surface area (Å²) in [5.74, 6) is 0. The van der Waals surface area contributed by atoms with Crippen molar-refractivity contribution in [2.45, 2.75) is 40.5 Å². The molecule has 1 aliphatic carbocycles. The molecule has 0 aromatic carbocycles. The van der Waals surface area contributed by atoms with Crippen LogP contribution in [0.1, 0.15) is 40.5 Å². The molecule has 0 atom stereocenters. The van der Waals surface area contributed by atoms with Crippen LogP contribution in [0.4, 0.5) is 0 Å². The number of hydrogen-bond acceptors (Lipinski definition) is 3. The number of nitrogens with zero attached hydrogens (tertiary/aromatic N) is 2. The van der Waals surface area contributed by atoms with Crippen molar-refractivity contribution in [1.82, 2.24) is 9.80 Å². The van der Waals surface area contributed by atoms with E-state index in [1.165, 1.54) is 17.8 Å². The third-order valence-corrected chi connectivity index (χ3v) is 3.72. The molecule has 0 aromatic rings. The zero-order chi connectivity index (χ0) is 13.2. The lowest BCUT2D eigenvalue weighted by molar-refractivity contribution is 0.288. The summed E-state index contributed by atoms with van der Waals surface area (Å²) in [4.78, 5) is 5.75. The van der Waals surface area contributed by atoms with E-state index in [4.69, 9.17) is 12.2 Å². The molecular weight excluding hydrogens is 228 g/mol. The van der Waals surface area contributed by atoms with Crippen molar-refractivity contribution in [3.63, 3.8) is 0 Å². The van der Waals surface area contributed by atoms with Crippen LogP contribution in [0, 0.1) is 5.41 Å². The SMILES string of the molecule is CCN(C)C1=C(N(C)CCC(C)(C)C)CC1=S. The van der Waals surface area contributed by atoms with Crippen LogP contribution in [-0.2, 0) is 0 Å². The number of allylic oxidation sites excluding steroid dienone is 2. The minimum atomic E-state index is 0.399. The Labute approximate surface area is 112 Å². The quantitative estimate of drug-likeness (QED) is 0.695. The molecule has 0 amide bonds. The molecule has 0 saturated carbocycles. The van der Waals surface area contributed by atoms with Gasteiger partial charge in [-0.05, 0) is 18.8 Å². The van der Waals surface area contributed by atoms with Gasteiger partial charge in [-0.15, -0.1) is 0 Å². The van der Waals surface area contributed by atoms with E-state index >= 15 is 0 Å². The Kier molecular flexibility index (Phi) is 4.59. The van der Waals surface area contributed by atoms with Gasteiger partial charge >= 0.3 is 0 Å². The fraction of sp³-hybridized carbons (Fsp3) is 0.786. The van der Waals surface area contributed by atoms with E-state index in [1.807, 2.05) is 0 Å². The Bertz CT molecular complexity index is 326. The lowest BCUT2D eigenvalue weighted by atomic mass is 9.91. The van der Waals surface area contributed by atoms with Crippen LogP contribution >= 0.6 is 12.2 Å².